The Hall–Kier alpha value is -2.21. The first-order valence-electron chi connectivity index (χ1n) is 7.27. The number of imidazole rings is 1. The van der Waals surface area contributed by atoms with Gasteiger partial charge in [0.15, 0.2) is 11.0 Å². The fraction of sp³-hybridized carbons (Fsp3) is 0.250. The van der Waals surface area contributed by atoms with E-state index < -0.39 is 0 Å². The first kappa shape index (κ1) is 13.5. The highest BCUT2D eigenvalue weighted by Gasteiger charge is 2.21. The molecule has 0 aliphatic heterocycles. The van der Waals surface area contributed by atoms with Crippen molar-refractivity contribution >= 4 is 11.8 Å². The van der Waals surface area contributed by atoms with E-state index in [0.717, 1.165) is 40.8 Å². The van der Waals surface area contributed by atoms with Crippen molar-refractivity contribution in [1.82, 2.24) is 24.5 Å². The molecule has 3 heterocycles. The number of rotatable bonds is 3. The third-order valence-electron chi connectivity index (χ3n) is 3.75. The molecule has 0 radical (unpaired) electrons. The molecule has 3 aromatic heterocycles. The molecule has 4 rings (SSSR count). The van der Waals surface area contributed by atoms with Gasteiger partial charge in [0.1, 0.15) is 10.7 Å². The van der Waals surface area contributed by atoms with E-state index in [2.05, 4.69) is 9.97 Å². The van der Waals surface area contributed by atoms with Gasteiger partial charge in [-0.05, 0) is 43.2 Å². The van der Waals surface area contributed by atoms with Gasteiger partial charge in [-0.15, -0.1) is 0 Å². The number of hydrogen-bond donors (Lipinski definition) is 0. The van der Waals surface area contributed by atoms with Gasteiger partial charge in [0.05, 0.1) is 0 Å². The second-order valence-electron chi connectivity index (χ2n) is 5.27. The zero-order chi connectivity index (χ0) is 14.9. The van der Waals surface area contributed by atoms with E-state index in [1.807, 2.05) is 42.2 Å². The number of aromatic nitrogens is 5. The average Bonchev–Trinajstić information content (AvgIpc) is 3.17. The maximum absolute atomic E-state index is 4.77. The van der Waals surface area contributed by atoms with Crippen LogP contribution in [0.4, 0.5) is 0 Å². The van der Waals surface area contributed by atoms with E-state index in [4.69, 9.17) is 9.97 Å². The molecule has 0 saturated heterocycles. The largest absolute Gasteiger partial charge is 0.329 e. The topological polar surface area (TPSA) is 56.5 Å². The van der Waals surface area contributed by atoms with E-state index in [1.54, 1.807) is 18.0 Å². The van der Waals surface area contributed by atoms with Gasteiger partial charge in [-0.1, -0.05) is 6.07 Å². The van der Waals surface area contributed by atoms with E-state index >= 15 is 0 Å². The fourth-order valence-corrected chi connectivity index (χ4v) is 3.60. The van der Waals surface area contributed by atoms with Gasteiger partial charge in [0, 0.05) is 36.9 Å². The zero-order valence-electron chi connectivity index (χ0n) is 12.2. The van der Waals surface area contributed by atoms with Gasteiger partial charge in [-0.3, -0.25) is 4.98 Å². The van der Waals surface area contributed by atoms with Crippen molar-refractivity contribution in [3.63, 3.8) is 0 Å². The van der Waals surface area contributed by atoms with Gasteiger partial charge >= 0.3 is 0 Å². The summed E-state index contributed by atoms with van der Waals surface area (Å²) < 4.78 is 2.01. The number of hydrogen-bond acceptors (Lipinski definition) is 5. The maximum Gasteiger partial charge on any atom is 0.179 e. The summed E-state index contributed by atoms with van der Waals surface area (Å²) in [5.41, 5.74) is 3.25. The van der Waals surface area contributed by atoms with Gasteiger partial charge in [-0.2, -0.15) is 0 Å². The Bertz CT molecular complexity index is 813. The molecule has 0 amide bonds. The smallest absolute Gasteiger partial charge is 0.179 e. The summed E-state index contributed by atoms with van der Waals surface area (Å²) >= 11 is 1.61. The SMILES string of the molecule is Cn1ccnc1Sc1nc(-c2ccccn2)nc2c1CCC2. The predicted molar refractivity (Wildman–Crippen MR) is 84.6 cm³/mol. The van der Waals surface area contributed by atoms with Gasteiger partial charge < -0.3 is 4.57 Å². The van der Waals surface area contributed by atoms with Crippen LogP contribution in [0, 0.1) is 0 Å². The van der Waals surface area contributed by atoms with Crippen molar-refractivity contribution in [1.29, 1.82) is 0 Å². The third kappa shape index (κ3) is 2.39. The molecule has 0 atom stereocenters. The summed E-state index contributed by atoms with van der Waals surface area (Å²) in [6.45, 7) is 0. The minimum absolute atomic E-state index is 0.706. The third-order valence-corrected chi connectivity index (χ3v) is 4.86. The molecule has 0 spiro atoms. The number of pyridine rings is 1. The number of fused-ring (bicyclic) bond motifs is 1. The number of nitrogens with zero attached hydrogens (tertiary/aromatic N) is 5. The van der Waals surface area contributed by atoms with Crippen molar-refractivity contribution in [2.75, 3.05) is 0 Å². The van der Waals surface area contributed by atoms with Crippen molar-refractivity contribution in [2.45, 2.75) is 29.4 Å². The first-order chi connectivity index (χ1) is 10.8. The second-order valence-corrected chi connectivity index (χ2v) is 6.22. The van der Waals surface area contributed by atoms with Crippen LogP contribution in [0.2, 0.25) is 0 Å². The minimum atomic E-state index is 0.706. The normalized spacial score (nSPS) is 13.3. The Morgan fingerprint density at radius 3 is 2.82 bits per heavy atom. The van der Waals surface area contributed by atoms with E-state index in [9.17, 15) is 0 Å². The van der Waals surface area contributed by atoms with Crippen molar-refractivity contribution in [2.24, 2.45) is 7.05 Å². The van der Waals surface area contributed by atoms with Crippen molar-refractivity contribution < 1.29 is 0 Å². The molecule has 6 heteroatoms. The quantitative estimate of drug-likeness (QED) is 0.696. The van der Waals surface area contributed by atoms with Crippen LogP contribution in [-0.4, -0.2) is 24.5 Å². The lowest BCUT2D eigenvalue weighted by molar-refractivity contribution is 0.787. The lowest BCUT2D eigenvalue weighted by Gasteiger charge is -2.09. The Morgan fingerprint density at radius 2 is 2.05 bits per heavy atom. The summed E-state index contributed by atoms with van der Waals surface area (Å²) in [4.78, 5) is 18.3. The molecule has 0 saturated carbocycles. The lowest BCUT2D eigenvalue weighted by atomic mass is 10.2. The minimum Gasteiger partial charge on any atom is -0.329 e. The molecule has 0 unspecified atom stereocenters. The summed E-state index contributed by atoms with van der Waals surface area (Å²) in [5.74, 6) is 0.706. The highest BCUT2D eigenvalue weighted by molar-refractivity contribution is 7.99. The Kier molecular flexibility index (Phi) is 3.38. The fourth-order valence-electron chi connectivity index (χ4n) is 2.63. The van der Waals surface area contributed by atoms with Crippen LogP contribution < -0.4 is 0 Å². The molecular weight excluding hydrogens is 294 g/mol. The number of aryl methyl sites for hydroxylation is 2. The van der Waals surface area contributed by atoms with Crippen LogP contribution in [0.5, 0.6) is 0 Å². The van der Waals surface area contributed by atoms with E-state index in [0.29, 0.717) is 5.82 Å². The summed E-state index contributed by atoms with van der Waals surface area (Å²) in [6.07, 6.45) is 8.74. The van der Waals surface area contributed by atoms with Crippen LogP contribution in [0.25, 0.3) is 11.5 Å². The second kappa shape index (κ2) is 5.53. The first-order valence-corrected chi connectivity index (χ1v) is 8.09. The maximum atomic E-state index is 4.77. The highest BCUT2D eigenvalue weighted by atomic mass is 32.2. The van der Waals surface area contributed by atoms with Crippen molar-refractivity contribution in [3.05, 3.63) is 48.0 Å². The lowest BCUT2D eigenvalue weighted by Crippen LogP contribution is -2.01. The molecule has 1 aliphatic rings. The summed E-state index contributed by atoms with van der Waals surface area (Å²) in [5, 5.41) is 1.96. The van der Waals surface area contributed by atoms with E-state index in [1.165, 1.54) is 5.56 Å². The standard InChI is InChI=1S/C16H15N5S/c1-21-10-9-18-16(21)22-15-11-5-4-7-12(11)19-14(20-15)13-6-2-3-8-17-13/h2-3,6,8-10H,4-5,7H2,1H3. The monoisotopic (exact) mass is 309 g/mol. The molecule has 0 fully saturated rings. The molecule has 22 heavy (non-hydrogen) atoms. The van der Waals surface area contributed by atoms with Crippen LogP contribution in [0.3, 0.4) is 0 Å². The van der Waals surface area contributed by atoms with Crippen LogP contribution in [-0.2, 0) is 19.9 Å². The van der Waals surface area contributed by atoms with Gasteiger partial charge in [-0.25, -0.2) is 15.0 Å². The molecule has 0 aromatic carbocycles. The molecule has 110 valence electrons. The Labute approximate surface area is 132 Å². The molecule has 5 nitrogen and oxygen atoms in total. The molecule has 1 aliphatic carbocycles. The predicted octanol–water partition coefficient (Wildman–Crippen LogP) is 2.91. The molecule has 0 N–H and O–H groups in total. The molecule has 3 aromatic rings. The van der Waals surface area contributed by atoms with Crippen LogP contribution in [0.15, 0.2) is 47.0 Å². The Balaban J connectivity index is 1.80. The average molecular weight is 309 g/mol. The van der Waals surface area contributed by atoms with E-state index in [-0.39, 0.29) is 0 Å². The summed E-state index contributed by atoms with van der Waals surface area (Å²) in [6, 6.07) is 5.82. The zero-order valence-corrected chi connectivity index (χ0v) is 13.0. The molecular formula is C16H15N5S. The molecule has 0 bridgehead atoms. The van der Waals surface area contributed by atoms with Gasteiger partial charge in [0.25, 0.3) is 0 Å². The summed E-state index contributed by atoms with van der Waals surface area (Å²) in [7, 11) is 2.00. The Morgan fingerprint density at radius 1 is 1.09 bits per heavy atom. The van der Waals surface area contributed by atoms with Crippen molar-refractivity contribution in [3.8, 4) is 11.5 Å². The van der Waals surface area contributed by atoms with Crippen LogP contribution >= 0.6 is 11.8 Å². The van der Waals surface area contributed by atoms with Gasteiger partial charge in [0.2, 0.25) is 0 Å². The highest BCUT2D eigenvalue weighted by Crippen LogP contribution is 2.34. The van der Waals surface area contributed by atoms with Crippen LogP contribution in [0.1, 0.15) is 17.7 Å².